The van der Waals surface area contributed by atoms with Gasteiger partial charge in [-0.15, -0.1) is 5.10 Å². The fraction of sp³-hybridized carbons (Fsp3) is 0.200. The zero-order valence-corrected chi connectivity index (χ0v) is 9.45. The van der Waals surface area contributed by atoms with Crippen molar-refractivity contribution < 1.29 is 4.42 Å². The molecule has 0 unspecified atom stereocenters. The lowest BCUT2D eigenvalue weighted by molar-refractivity contribution is 0.511. The van der Waals surface area contributed by atoms with Gasteiger partial charge in [0.1, 0.15) is 0 Å². The second kappa shape index (κ2) is 4.51. The number of benzene rings is 1. The Balaban J connectivity index is 2.17. The van der Waals surface area contributed by atoms with Gasteiger partial charge in [-0.05, 0) is 24.6 Å². The first-order valence-electron chi connectivity index (χ1n) is 4.74. The monoisotopic (exact) mass is 238 g/mol. The number of rotatable bonds is 3. The first-order chi connectivity index (χ1) is 7.69. The molecule has 5 nitrogen and oxygen atoms in total. The average molecular weight is 239 g/mol. The minimum atomic E-state index is 0.226. The molecule has 0 saturated carbocycles. The second-order valence-electron chi connectivity index (χ2n) is 3.29. The van der Waals surface area contributed by atoms with Gasteiger partial charge in [-0.25, -0.2) is 0 Å². The van der Waals surface area contributed by atoms with Gasteiger partial charge in [0.2, 0.25) is 5.89 Å². The van der Waals surface area contributed by atoms with Crippen LogP contribution in [0.2, 0.25) is 5.02 Å². The fourth-order valence-corrected chi connectivity index (χ4v) is 1.36. The molecule has 0 atom stereocenters. The molecule has 0 spiro atoms. The molecule has 16 heavy (non-hydrogen) atoms. The molecule has 84 valence electrons. The van der Waals surface area contributed by atoms with Gasteiger partial charge in [-0.2, -0.15) is 0 Å². The van der Waals surface area contributed by atoms with Gasteiger partial charge in [0.05, 0.1) is 6.54 Å². The van der Waals surface area contributed by atoms with Gasteiger partial charge < -0.3 is 15.5 Å². The number of nitrogens with one attached hydrogen (secondary N) is 1. The average Bonchev–Trinajstić information content (AvgIpc) is 2.71. The highest BCUT2D eigenvalue weighted by molar-refractivity contribution is 6.31. The lowest BCUT2D eigenvalue weighted by Crippen LogP contribution is -1.95. The van der Waals surface area contributed by atoms with Gasteiger partial charge in [0, 0.05) is 10.7 Å². The quantitative estimate of drug-likeness (QED) is 0.858. The summed E-state index contributed by atoms with van der Waals surface area (Å²) in [7, 11) is 0. The lowest BCUT2D eigenvalue weighted by atomic mass is 10.2. The van der Waals surface area contributed by atoms with E-state index in [4.69, 9.17) is 21.8 Å². The molecule has 0 aliphatic heterocycles. The minimum Gasteiger partial charge on any atom is -0.406 e. The molecule has 1 aromatic carbocycles. The van der Waals surface area contributed by atoms with Crippen LogP contribution in [0.5, 0.6) is 0 Å². The third kappa shape index (κ3) is 2.32. The van der Waals surface area contributed by atoms with Crippen LogP contribution in [0.3, 0.4) is 0 Å². The predicted molar refractivity (Wildman–Crippen MR) is 61.7 cm³/mol. The van der Waals surface area contributed by atoms with Crippen LogP contribution in [0.15, 0.2) is 22.6 Å². The van der Waals surface area contributed by atoms with E-state index in [1.807, 2.05) is 19.1 Å². The summed E-state index contributed by atoms with van der Waals surface area (Å²) in [5, 5.41) is 11.1. The van der Waals surface area contributed by atoms with Gasteiger partial charge in [0.15, 0.2) is 0 Å². The minimum absolute atomic E-state index is 0.226. The topological polar surface area (TPSA) is 77.0 Å². The SMILES string of the molecule is Cc1ccc(Nc2nnc(CN)o2)cc1Cl. The van der Waals surface area contributed by atoms with Crippen molar-refractivity contribution in [1.29, 1.82) is 0 Å². The first-order valence-corrected chi connectivity index (χ1v) is 5.12. The molecule has 2 rings (SSSR count). The first kappa shape index (κ1) is 10.9. The highest BCUT2D eigenvalue weighted by Crippen LogP contribution is 2.22. The molecule has 0 aliphatic carbocycles. The van der Waals surface area contributed by atoms with Crippen LogP contribution in [-0.4, -0.2) is 10.2 Å². The summed E-state index contributed by atoms with van der Waals surface area (Å²) in [5.74, 6) is 0.390. The Morgan fingerprint density at radius 2 is 2.25 bits per heavy atom. The summed E-state index contributed by atoms with van der Waals surface area (Å²) in [4.78, 5) is 0. The van der Waals surface area contributed by atoms with Crippen molar-refractivity contribution in [3.8, 4) is 0 Å². The van der Waals surface area contributed by atoms with Crippen molar-refractivity contribution in [2.45, 2.75) is 13.5 Å². The molecule has 1 aromatic heterocycles. The zero-order chi connectivity index (χ0) is 11.5. The molecule has 0 fully saturated rings. The Hall–Kier alpha value is -1.59. The van der Waals surface area contributed by atoms with E-state index in [1.165, 1.54) is 0 Å². The molecule has 0 bridgehead atoms. The van der Waals surface area contributed by atoms with E-state index < -0.39 is 0 Å². The number of aromatic nitrogens is 2. The molecule has 0 amide bonds. The third-order valence-electron chi connectivity index (χ3n) is 2.06. The predicted octanol–water partition coefficient (Wildman–Crippen LogP) is 2.23. The van der Waals surface area contributed by atoms with E-state index in [2.05, 4.69) is 15.5 Å². The molecule has 3 N–H and O–H groups in total. The Bertz CT molecular complexity index is 497. The van der Waals surface area contributed by atoms with Crippen LogP contribution >= 0.6 is 11.6 Å². The molecule has 6 heteroatoms. The zero-order valence-electron chi connectivity index (χ0n) is 8.70. The van der Waals surface area contributed by atoms with E-state index in [0.717, 1.165) is 11.3 Å². The van der Waals surface area contributed by atoms with E-state index in [1.54, 1.807) is 6.07 Å². The van der Waals surface area contributed by atoms with Gasteiger partial charge in [-0.1, -0.05) is 22.8 Å². The molecule has 0 aliphatic rings. The number of hydrogen-bond acceptors (Lipinski definition) is 5. The van der Waals surface area contributed by atoms with E-state index in [9.17, 15) is 0 Å². The Morgan fingerprint density at radius 1 is 1.44 bits per heavy atom. The van der Waals surface area contributed by atoms with Crippen LogP contribution in [0.1, 0.15) is 11.5 Å². The van der Waals surface area contributed by atoms with Crippen molar-refractivity contribution in [3.63, 3.8) is 0 Å². The molecule has 0 radical (unpaired) electrons. The molecular formula is C10H11ClN4O. The van der Waals surface area contributed by atoms with Crippen LogP contribution in [0.25, 0.3) is 0 Å². The summed E-state index contributed by atoms with van der Waals surface area (Å²) < 4.78 is 5.21. The standard InChI is InChI=1S/C10H11ClN4O/c1-6-2-3-7(4-8(6)11)13-10-15-14-9(5-12)16-10/h2-4H,5,12H2,1H3,(H,13,15). The maximum absolute atomic E-state index is 5.99. The Kier molecular flexibility index (Phi) is 3.07. The summed E-state index contributed by atoms with van der Waals surface area (Å²) in [6.45, 7) is 2.16. The van der Waals surface area contributed by atoms with Crippen LogP contribution in [0, 0.1) is 6.92 Å². The molecule has 2 aromatic rings. The van der Waals surface area contributed by atoms with Gasteiger partial charge in [-0.3, -0.25) is 0 Å². The lowest BCUT2D eigenvalue weighted by Gasteiger charge is -2.03. The Labute approximate surface area is 97.6 Å². The smallest absolute Gasteiger partial charge is 0.320 e. The van der Waals surface area contributed by atoms with Crippen LogP contribution in [-0.2, 0) is 6.54 Å². The third-order valence-corrected chi connectivity index (χ3v) is 2.47. The summed E-state index contributed by atoms with van der Waals surface area (Å²) in [5.41, 5.74) is 7.16. The molecule has 0 saturated heterocycles. The highest BCUT2D eigenvalue weighted by atomic mass is 35.5. The van der Waals surface area contributed by atoms with Crippen molar-refractivity contribution in [2.75, 3.05) is 5.32 Å². The van der Waals surface area contributed by atoms with Crippen molar-refractivity contribution in [1.82, 2.24) is 10.2 Å². The Morgan fingerprint density at radius 3 is 2.88 bits per heavy atom. The van der Waals surface area contributed by atoms with E-state index >= 15 is 0 Å². The van der Waals surface area contributed by atoms with Crippen LogP contribution < -0.4 is 11.1 Å². The number of anilines is 2. The van der Waals surface area contributed by atoms with Crippen molar-refractivity contribution in [2.24, 2.45) is 5.73 Å². The van der Waals surface area contributed by atoms with Gasteiger partial charge >= 0.3 is 6.01 Å². The van der Waals surface area contributed by atoms with E-state index in [0.29, 0.717) is 16.9 Å². The summed E-state index contributed by atoms with van der Waals surface area (Å²) in [6, 6.07) is 5.89. The number of halogens is 1. The largest absolute Gasteiger partial charge is 0.406 e. The highest BCUT2D eigenvalue weighted by Gasteiger charge is 2.05. The van der Waals surface area contributed by atoms with Crippen LogP contribution in [0.4, 0.5) is 11.7 Å². The maximum Gasteiger partial charge on any atom is 0.320 e. The number of nitrogens with zero attached hydrogens (tertiary/aromatic N) is 2. The number of nitrogens with two attached hydrogens (primary N) is 1. The second-order valence-corrected chi connectivity index (χ2v) is 3.70. The molecular weight excluding hydrogens is 228 g/mol. The fourth-order valence-electron chi connectivity index (χ4n) is 1.18. The maximum atomic E-state index is 5.99. The summed E-state index contributed by atoms with van der Waals surface area (Å²) >= 11 is 5.99. The number of hydrogen-bond donors (Lipinski definition) is 2. The van der Waals surface area contributed by atoms with Gasteiger partial charge in [0.25, 0.3) is 0 Å². The van der Waals surface area contributed by atoms with Crippen molar-refractivity contribution in [3.05, 3.63) is 34.7 Å². The number of aryl methyl sites for hydroxylation is 1. The van der Waals surface area contributed by atoms with E-state index in [-0.39, 0.29) is 6.54 Å². The molecule has 1 heterocycles. The van der Waals surface area contributed by atoms with Crippen molar-refractivity contribution >= 4 is 23.3 Å². The normalized spacial score (nSPS) is 10.4. The summed E-state index contributed by atoms with van der Waals surface area (Å²) in [6.07, 6.45) is 0.